The molecule has 0 saturated carbocycles. The van der Waals surface area contributed by atoms with Crippen LogP contribution in [0.25, 0.3) is 11.1 Å². The van der Waals surface area contributed by atoms with Gasteiger partial charge in [-0.05, 0) is 28.8 Å². The van der Waals surface area contributed by atoms with Crippen molar-refractivity contribution in [1.82, 2.24) is 4.90 Å². The average molecular weight is 315 g/mol. The Morgan fingerprint density at radius 3 is 1.87 bits per heavy atom. The smallest absolute Gasteiger partial charge is 0.322 e. The minimum absolute atomic E-state index is 0.298. The Hall–Kier alpha value is -2.69. The van der Waals surface area contributed by atoms with E-state index in [-0.39, 0.29) is 11.7 Å². The molecule has 0 radical (unpaired) electrons. The molecule has 0 aliphatic rings. The van der Waals surface area contributed by atoms with Crippen LogP contribution in [-0.4, -0.2) is 38.0 Å². The summed E-state index contributed by atoms with van der Waals surface area (Å²) in [5.74, 6) is -2.23. The summed E-state index contributed by atoms with van der Waals surface area (Å²) >= 11 is 0. The normalized spacial score (nSPS) is 11.7. The fourth-order valence-electron chi connectivity index (χ4n) is 2.27. The number of carbonyl (C=O) groups excluding carboxylic acids is 2. The Morgan fingerprint density at radius 1 is 0.957 bits per heavy atom. The highest BCUT2D eigenvalue weighted by Crippen LogP contribution is 2.25. The van der Waals surface area contributed by atoms with Crippen molar-refractivity contribution in [1.29, 1.82) is 0 Å². The minimum atomic E-state index is -0.989. The van der Waals surface area contributed by atoms with Crippen LogP contribution < -0.4 is 0 Å². The van der Waals surface area contributed by atoms with E-state index in [0.29, 0.717) is 5.56 Å². The van der Waals surface area contributed by atoms with Gasteiger partial charge in [0.15, 0.2) is 5.92 Å². The number of halogens is 1. The zero-order valence-corrected chi connectivity index (χ0v) is 13.2. The molecule has 0 saturated heterocycles. The zero-order chi connectivity index (χ0) is 17.0. The molecular formula is C18H18FNO3. The molecule has 0 aliphatic carbocycles. The molecule has 0 aliphatic heterocycles. The molecule has 0 aromatic heterocycles. The van der Waals surface area contributed by atoms with Crippen molar-refractivity contribution in [3.63, 3.8) is 0 Å². The van der Waals surface area contributed by atoms with Crippen molar-refractivity contribution >= 4 is 11.9 Å². The lowest BCUT2D eigenvalue weighted by atomic mass is 9.95. The van der Waals surface area contributed by atoms with Gasteiger partial charge in [-0.3, -0.25) is 9.59 Å². The highest BCUT2D eigenvalue weighted by molar-refractivity contribution is 6.03. The molecule has 1 unspecified atom stereocenters. The summed E-state index contributed by atoms with van der Waals surface area (Å²) in [7, 11) is 4.43. The van der Waals surface area contributed by atoms with Crippen molar-refractivity contribution in [3.8, 4) is 11.1 Å². The molecular weight excluding hydrogens is 297 g/mol. The molecule has 0 bridgehead atoms. The lowest BCUT2D eigenvalue weighted by molar-refractivity contribution is -0.148. The first-order chi connectivity index (χ1) is 10.9. The zero-order valence-electron chi connectivity index (χ0n) is 13.2. The van der Waals surface area contributed by atoms with Crippen molar-refractivity contribution in [2.75, 3.05) is 21.2 Å². The van der Waals surface area contributed by atoms with E-state index >= 15 is 0 Å². The quantitative estimate of drug-likeness (QED) is 0.644. The summed E-state index contributed by atoms with van der Waals surface area (Å²) < 4.78 is 17.7. The maximum Gasteiger partial charge on any atom is 0.322 e. The second-order valence-corrected chi connectivity index (χ2v) is 5.32. The number of amides is 1. The molecule has 2 aromatic rings. The van der Waals surface area contributed by atoms with Gasteiger partial charge in [0.25, 0.3) is 0 Å². The van der Waals surface area contributed by atoms with Crippen molar-refractivity contribution in [3.05, 3.63) is 59.9 Å². The summed E-state index contributed by atoms with van der Waals surface area (Å²) in [5, 5.41) is 0. The van der Waals surface area contributed by atoms with E-state index in [0.717, 1.165) is 11.1 Å². The van der Waals surface area contributed by atoms with Gasteiger partial charge < -0.3 is 9.64 Å². The minimum Gasteiger partial charge on any atom is -0.468 e. The summed E-state index contributed by atoms with van der Waals surface area (Å²) in [6.45, 7) is 0. The lowest BCUT2D eigenvalue weighted by Gasteiger charge is -2.19. The van der Waals surface area contributed by atoms with E-state index in [9.17, 15) is 14.0 Å². The van der Waals surface area contributed by atoms with Gasteiger partial charge in [0.2, 0.25) is 5.91 Å². The topological polar surface area (TPSA) is 46.6 Å². The van der Waals surface area contributed by atoms with Gasteiger partial charge in [-0.25, -0.2) is 4.39 Å². The predicted octanol–water partition coefficient (Wildman–Crippen LogP) is 2.84. The monoisotopic (exact) mass is 315 g/mol. The standard InChI is InChI=1S/C18H18FNO3/c1-20(2)17(21)16(18(22)23-3)14-6-4-12(5-7-14)13-8-10-15(19)11-9-13/h4-11,16H,1-3H3. The molecule has 0 N–H and O–H groups in total. The van der Waals surface area contributed by atoms with E-state index in [1.54, 1.807) is 50.5 Å². The van der Waals surface area contributed by atoms with Gasteiger partial charge in [-0.2, -0.15) is 0 Å². The molecule has 1 amide bonds. The van der Waals surface area contributed by atoms with Gasteiger partial charge in [0.1, 0.15) is 5.82 Å². The van der Waals surface area contributed by atoms with Crippen LogP contribution in [0.4, 0.5) is 4.39 Å². The number of ether oxygens (including phenoxy) is 1. The number of nitrogens with zero attached hydrogens (tertiary/aromatic N) is 1. The first kappa shape index (κ1) is 16.7. The molecule has 1 atom stereocenters. The Bertz CT molecular complexity index is 693. The number of hydrogen-bond acceptors (Lipinski definition) is 3. The Balaban J connectivity index is 2.33. The van der Waals surface area contributed by atoms with E-state index in [1.807, 2.05) is 0 Å². The third-order valence-corrected chi connectivity index (χ3v) is 3.55. The van der Waals surface area contributed by atoms with Crippen LogP contribution in [-0.2, 0) is 14.3 Å². The second kappa shape index (κ2) is 7.05. The molecule has 0 spiro atoms. The first-order valence-electron chi connectivity index (χ1n) is 7.09. The van der Waals surface area contributed by atoms with Crippen LogP contribution in [0.15, 0.2) is 48.5 Å². The van der Waals surface area contributed by atoms with Gasteiger partial charge in [-0.15, -0.1) is 0 Å². The molecule has 2 rings (SSSR count). The maximum absolute atomic E-state index is 13.0. The largest absolute Gasteiger partial charge is 0.468 e. The third-order valence-electron chi connectivity index (χ3n) is 3.55. The fourth-order valence-corrected chi connectivity index (χ4v) is 2.27. The maximum atomic E-state index is 13.0. The van der Waals surface area contributed by atoms with Gasteiger partial charge in [0.05, 0.1) is 7.11 Å². The van der Waals surface area contributed by atoms with E-state index in [1.165, 1.54) is 24.1 Å². The van der Waals surface area contributed by atoms with Crippen LogP contribution in [0, 0.1) is 5.82 Å². The number of likely N-dealkylation sites (N-methyl/N-ethyl adjacent to an activating group) is 1. The lowest BCUT2D eigenvalue weighted by Crippen LogP contribution is -2.33. The number of carbonyl (C=O) groups is 2. The van der Waals surface area contributed by atoms with Crippen LogP contribution >= 0.6 is 0 Å². The van der Waals surface area contributed by atoms with Crippen LogP contribution in [0.5, 0.6) is 0 Å². The molecule has 4 nitrogen and oxygen atoms in total. The third kappa shape index (κ3) is 3.74. The number of rotatable bonds is 4. The molecule has 0 fully saturated rings. The van der Waals surface area contributed by atoms with Crippen LogP contribution in [0.3, 0.4) is 0 Å². The molecule has 120 valence electrons. The number of esters is 1. The van der Waals surface area contributed by atoms with E-state index < -0.39 is 11.9 Å². The number of hydrogen-bond donors (Lipinski definition) is 0. The summed E-state index contributed by atoms with van der Waals surface area (Å²) in [5.41, 5.74) is 2.28. The van der Waals surface area contributed by atoms with Gasteiger partial charge >= 0.3 is 5.97 Å². The van der Waals surface area contributed by atoms with E-state index in [4.69, 9.17) is 4.74 Å². The average Bonchev–Trinajstić information content (AvgIpc) is 2.56. The SMILES string of the molecule is COC(=O)C(C(=O)N(C)C)c1ccc(-c2ccc(F)cc2)cc1. The predicted molar refractivity (Wildman–Crippen MR) is 85.3 cm³/mol. The van der Waals surface area contributed by atoms with Crippen LogP contribution in [0.1, 0.15) is 11.5 Å². The number of methoxy groups -OCH3 is 1. The van der Waals surface area contributed by atoms with Crippen LogP contribution in [0.2, 0.25) is 0 Å². The van der Waals surface area contributed by atoms with Crippen molar-refractivity contribution in [2.45, 2.75) is 5.92 Å². The molecule has 5 heteroatoms. The Labute approximate surface area is 134 Å². The highest BCUT2D eigenvalue weighted by atomic mass is 19.1. The second-order valence-electron chi connectivity index (χ2n) is 5.32. The first-order valence-corrected chi connectivity index (χ1v) is 7.09. The fraction of sp³-hybridized carbons (Fsp3) is 0.222. The summed E-state index contributed by atoms with van der Waals surface area (Å²) in [4.78, 5) is 25.5. The Morgan fingerprint density at radius 2 is 1.43 bits per heavy atom. The van der Waals surface area contributed by atoms with E-state index in [2.05, 4.69) is 0 Å². The van der Waals surface area contributed by atoms with Gasteiger partial charge in [-0.1, -0.05) is 36.4 Å². The number of benzene rings is 2. The molecule has 23 heavy (non-hydrogen) atoms. The summed E-state index contributed by atoms with van der Waals surface area (Å²) in [6.07, 6.45) is 0. The van der Waals surface area contributed by atoms with Crippen molar-refractivity contribution < 1.29 is 18.7 Å². The summed E-state index contributed by atoms with van der Waals surface area (Å²) in [6, 6.07) is 13.1. The highest BCUT2D eigenvalue weighted by Gasteiger charge is 2.30. The van der Waals surface area contributed by atoms with Gasteiger partial charge in [0, 0.05) is 14.1 Å². The van der Waals surface area contributed by atoms with Crippen molar-refractivity contribution in [2.24, 2.45) is 0 Å². The molecule has 2 aromatic carbocycles. The Kier molecular flexibility index (Phi) is 5.11. The molecule has 0 heterocycles.